The van der Waals surface area contributed by atoms with E-state index in [-0.39, 0.29) is 17.2 Å². The number of thioether (sulfide) groups is 1. The van der Waals surface area contributed by atoms with Gasteiger partial charge in [-0.05, 0) is 55.9 Å². The van der Waals surface area contributed by atoms with Gasteiger partial charge in [0.25, 0.3) is 5.56 Å². The van der Waals surface area contributed by atoms with Gasteiger partial charge in [-0.3, -0.25) is 14.2 Å². The normalized spacial score (nSPS) is 12.5. The Kier molecular flexibility index (Phi) is 7.60. The van der Waals surface area contributed by atoms with Crippen LogP contribution < -0.4 is 15.6 Å². The van der Waals surface area contributed by atoms with E-state index in [1.807, 2.05) is 25.1 Å². The molecule has 0 radical (unpaired) electrons. The van der Waals surface area contributed by atoms with E-state index in [0.717, 1.165) is 46.6 Å². The summed E-state index contributed by atoms with van der Waals surface area (Å²) >= 11 is 4.12. The van der Waals surface area contributed by atoms with Crippen molar-refractivity contribution < 1.29 is 19.1 Å². The number of ether oxygens (including phenoxy) is 2. The van der Waals surface area contributed by atoms with Crippen molar-refractivity contribution in [2.45, 2.75) is 44.7 Å². The van der Waals surface area contributed by atoms with Gasteiger partial charge in [-0.1, -0.05) is 24.8 Å². The maximum absolute atomic E-state index is 13.8. The molecule has 1 N–H and O–H groups in total. The van der Waals surface area contributed by atoms with Crippen LogP contribution in [-0.2, 0) is 28.8 Å². The molecule has 0 saturated carbocycles. The zero-order valence-electron chi connectivity index (χ0n) is 21.5. The third-order valence-electron chi connectivity index (χ3n) is 6.56. The van der Waals surface area contributed by atoms with Crippen LogP contribution in [0.5, 0.6) is 5.75 Å². The Hall–Kier alpha value is -3.15. The van der Waals surface area contributed by atoms with Gasteiger partial charge in [0.2, 0.25) is 5.91 Å². The molecule has 3 aromatic heterocycles. The van der Waals surface area contributed by atoms with Gasteiger partial charge in [0.15, 0.2) is 5.16 Å². The fourth-order valence-corrected chi connectivity index (χ4v) is 7.99. The minimum Gasteiger partial charge on any atom is -0.497 e. The van der Waals surface area contributed by atoms with Crippen LogP contribution in [0.1, 0.15) is 44.6 Å². The minimum atomic E-state index is -0.439. The molecule has 0 aliphatic heterocycles. The van der Waals surface area contributed by atoms with Gasteiger partial charge in [0.1, 0.15) is 15.6 Å². The van der Waals surface area contributed by atoms with Crippen molar-refractivity contribution in [1.29, 1.82) is 0 Å². The average molecular weight is 570 g/mol. The fourth-order valence-electron chi connectivity index (χ4n) is 4.72. The van der Waals surface area contributed by atoms with Gasteiger partial charge < -0.3 is 14.8 Å². The molecule has 0 atom stereocenters. The third kappa shape index (κ3) is 4.74. The van der Waals surface area contributed by atoms with E-state index in [2.05, 4.69) is 12.2 Å². The Morgan fingerprint density at radius 3 is 2.76 bits per heavy atom. The van der Waals surface area contributed by atoms with Crippen LogP contribution >= 0.6 is 34.4 Å². The first-order valence-electron chi connectivity index (χ1n) is 12.2. The number of hydrogen-bond donors (Lipinski definition) is 1. The highest BCUT2D eigenvalue weighted by molar-refractivity contribution is 7.99. The zero-order valence-corrected chi connectivity index (χ0v) is 24.0. The SMILES string of the molecule is CCc1sc2nc(SCC(=O)Nc3sc4c(c3C(=O)OC)CCC4)n(-c3cccc(OC)c3)c(=O)c2c1C. The number of aryl methyl sites for hydroxylation is 3. The largest absolute Gasteiger partial charge is 0.497 e. The summed E-state index contributed by atoms with van der Waals surface area (Å²) in [5.74, 6) is -0.106. The number of fused-ring (bicyclic) bond motifs is 2. The molecule has 0 saturated heterocycles. The van der Waals surface area contributed by atoms with Gasteiger partial charge >= 0.3 is 5.97 Å². The van der Waals surface area contributed by atoms with E-state index in [1.165, 1.54) is 41.5 Å². The van der Waals surface area contributed by atoms with Crippen molar-refractivity contribution in [2.24, 2.45) is 0 Å². The molecule has 1 aliphatic rings. The zero-order chi connectivity index (χ0) is 27.0. The number of aromatic nitrogens is 2. The molecular weight excluding hydrogens is 543 g/mol. The van der Waals surface area contributed by atoms with Crippen molar-refractivity contribution in [3.8, 4) is 11.4 Å². The highest BCUT2D eigenvalue weighted by Gasteiger charge is 2.28. The number of esters is 1. The molecule has 38 heavy (non-hydrogen) atoms. The summed E-state index contributed by atoms with van der Waals surface area (Å²) < 4.78 is 11.9. The molecular formula is C27H27N3O5S3. The predicted octanol–water partition coefficient (Wildman–Crippen LogP) is 5.39. The Morgan fingerprint density at radius 1 is 1.21 bits per heavy atom. The summed E-state index contributed by atoms with van der Waals surface area (Å²) in [6.45, 7) is 4.01. The summed E-state index contributed by atoms with van der Waals surface area (Å²) in [4.78, 5) is 47.0. The lowest BCUT2D eigenvalue weighted by Gasteiger charge is -2.13. The van der Waals surface area contributed by atoms with E-state index in [0.29, 0.717) is 37.4 Å². The molecule has 11 heteroatoms. The van der Waals surface area contributed by atoms with E-state index in [4.69, 9.17) is 14.5 Å². The number of anilines is 1. The first-order chi connectivity index (χ1) is 18.4. The van der Waals surface area contributed by atoms with Crippen molar-refractivity contribution in [3.63, 3.8) is 0 Å². The molecule has 1 aromatic carbocycles. The lowest BCUT2D eigenvalue weighted by Crippen LogP contribution is -2.23. The van der Waals surface area contributed by atoms with Crippen molar-refractivity contribution in [1.82, 2.24) is 9.55 Å². The number of benzene rings is 1. The number of carbonyl (C=O) groups excluding carboxylic acids is 2. The minimum absolute atomic E-state index is 0.0100. The summed E-state index contributed by atoms with van der Waals surface area (Å²) in [6.07, 6.45) is 3.50. The van der Waals surface area contributed by atoms with Crippen molar-refractivity contribution in [2.75, 3.05) is 25.3 Å². The average Bonchev–Trinajstić information content (AvgIpc) is 3.59. The number of nitrogens with zero attached hydrogens (tertiary/aromatic N) is 2. The summed E-state index contributed by atoms with van der Waals surface area (Å²) in [7, 11) is 2.92. The lowest BCUT2D eigenvalue weighted by atomic mass is 10.1. The number of amides is 1. The van der Waals surface area contributed by atoms with Gasteiger partial charge in [-0.2, -0.15) is 0 Å². The van der Waals surface area contributed by atoms with Crippen LogP contribution in [0.25, 0.3) is 15.9 Å². The number of hydrogen-bond acceptors (Lipinski definition) is 9. The van der Waals surface area contributed by atoms with Crippen LogP contribution in [0.2, 0.25) is 0 Å². The molecule has 1 amide bonds. The monoisotopic (exact) mass is 569 g/mol. The van der Waals surface area contributed by atoms with Gasteiger partial charge in [0.05, 0.1) is 36.6 Å². The number of thiophene rings is 2. The Bertz CT molecular complexity index is 1620. The Morgan fingerprint density at radius 2 is 2.03 bits per heavy atom. The van der Waals surface area contributed by atoms with Crippen molar-refractivity contribution >= 4 is 61.5 Å². The highest BCUT2D eigenvalue weighted by Crippen LogP contribution is 2.39. The molecule has 0 unspecified atom stereocenters. The number of methoxy groups -OCH3 is 2. The van der Waals surface area contributed by atoms with Crippen LogP contribution in [0.15, 0.2) is 34.2 Å². The molecule has 1 aliphatic carbocycles. The quantitative estimate of drug-likeness (QED) is 0.172. The second-order valence-corrected chi connectivity index (χ2v) is 11.9. The molecule has 5 rings (SSSR count). The van der Waals surface area contributed by atoms with E-state index < -0.39 is 5.97 Å². The number of rotatable bonds is 8. The van der Waals surface area contributed by atoms with Gasteiger partial charge in [-0.15, -0.1) is 22.7 Å². The van der Waals surface area contributed by atoms with Gasteiger partial charge in [-0.25, -0.2) is 9.78 Å². The molecule has 0 spiro atoms. The molecule has 198 valence electrons. The summed E-state index contributed by atoms with van der Waals surface area (Å²) in [6, 6.07) is 7.22. The molecule has 8 nitrogen and oxygen atoms in total. The van der Waals surface area contributed by atoms with Crippen LogP contribution in [0.4, 0.5) is 5.00 Å². The standard InChI is InChI=1S/C27H27N3O5S3/c1-5-18-14(2)21-23(37-18)29-27(30(25(21)32)15-8-6-9-16(12-15)34-3)36-13-20(31)28-24-22(26(33)35-4)17-10-7-11-19(17)38-24/h6,8-9,12H,5,7,10-11,13H2,1-4H3,(H,28,31). The first-order valence-corrected chi connectivity index (χ1v) is 14.8. The maximum Gasteiger partial charge on any atom is 0.341 e. The summed E-state index contributed by atoms with van der Waals surface area (Å²) in [5.41, 5.74) is 2.80. The first kappa shape index (κ1) is 26.5. The van der Waals surface area contributed by atoms with E-state index in [1.54, 1.807) is 17.7 Å². The summed E-state index contributed by atoms with van der Waals surface area (Å²) in [5, 5.41) is 4.43. The number of carbonyl (C=O) groups is 2. The van der Waals surface area contributed by atoms with Crippen molar-refractivity contribution in [3.05, 3.63) is 61.1 Å². The Labute approximate surface area is 232 Å². The van der Waals surface area contributed by atoms with Crippen LogP contribution in [-0.4, -0.2) is 41.4 Å². The molecule has 3 heterocycles. The fraction of sp³-hybridized carbons (Fsp3) is 0.333. The third-order valence-corrected chi connectivity index (χ3v) is 10.0. The maximum atomic E-state index is 13.8. The van der Waals surface area contributed by atoms with Crippen LogP contribution in [0, 0.1) is 6.92 Å². The highest BCUT2D eigenvalue weighted by atomic mass is 32.2. The molecule has 4 aromatic rings. The van der Waals surface area contributed by atoms with Crippen LogP contribution in [0.3, 0.4) is 0 Å². The predicted molar refractivity (Wildman–Crippen MR) is 153 cm³/mol. The number of nitrogens with one attached hydrogen (secondary N) is 1. The lowest BCUT2D eigenvalue weighted by molar-refractivity contribution is -0.113. The molecule has 0 fully saturated rings. The topological polar surface area (TPSA) is 99.5 Å². The Balaban J connectivity index is 1.49. The second-order valence-electron chi connectivity index (χ2n) is 8.81. The van der Waals surface area contributed by atoms with E-state index >= 15 is 0 Å². The van der Waals surface area contributed by atoms with Gasteiger partial charge in [0, 0.05) is 15.8 Å². The second kappa shape index (κ2) is 10.9. The van der Waals surface area contributed by atoms with E-state index in [9.17, 15) is 14.4 Å². The molecule has 0 bridgehead atoms. The smallest absolute Gasteiger partial charge is 0.341 e.